The van der Waals surface area contributed by atoms with Crippen LogP contribution in [0.15, 0.2) is 18.3 Å². The third-order valence-electron chi connectivity index (χ3n) is 4.75. The van der Waals surface area contributed by atoms with Crippen LogP contribution >= 0.6 is 11.3 Å². The molecule has 2 heterocycles. The second kappa shape index (κ2) is 8.47. The van der Waals surface area contributed by atoms with Crippen LogP contribution in [0.3, 0.4) is 0 Å². The van der Waals surface area contributed by atoms with Gasteiger partial charge in [0.25, 0.3) is 0 Å². The van der Waals surface area contributed by atoms with Crippen molar-refractivity contribution in [1.29, 1.82) is 0 Å². The van der Waals surface area contributed by atoms with E-state index in [0.717, 1.165) is 16.7 Å². The molecule has 1 aromatic carbocycles. The van der Waals surface area contributed by atoms with Crippen molar-refractivity contribution < 1.29 is 23.8 Å². The van der Waals surface area contributed by atoms with E-state index >= 15 is 0 Å². The van der Waals surface area contributed by atoms with Gasteiger partial charge in [0.15, 0.2) is 22.7 Å². The molecule has 0 bridgehead atoms. The van der Waals surface area contributed by atoms with Crippen molar-refractivity contribution >= 4 is 28.6 Å². The number of rotatable bonds is 7. The van der Waals surface area contributed by atoms with Crippen molar-refractivity contribution in [1.82, 2.24) is 9.38 Å². The zero-order valence-electron chi connectivity index (χ0n) is 18.1. The molecule has 0 aliphatic rings. The predicted octanol–water partition coefficient (Wildman–Crippen LogP) is 4.30. The standard InChI is InChI=1S/C22H26N2O5S/c1-7-29-18(26)10-14-11-24-16(12-25)19(23-21(24)30-14)15-8-13(22(2,3)4)9-17(27-5)20(15)28-6/h8-9,11-12H,7,10H2,1-6H3. The Morgan fingerprint density at radius 1 is 1.23 bits per heavy atom. The van der Waals surface area contributed by atoms with Crippen LogP contribution in [0, 0.1) is 0 Å². The lowest BCUT2D eigenvalue weighted by molar-refractivity contribution is -0.142. The fourth-order valence-electron chi connectivity index (χ4n) is 3.23. The van der Waals surface area contributed by atoms with E-state index < -0.39 is 0 Å². The number of carbonyl (C=O) groups excluding carboxylic acids is 2. The van der Waals surface area contributed by atoms with Crippen LogP contribution in [0.5, 0.6) is 11.5 Å². The first-order chi connectivity index (χ1) is 14.2. The van der Waals surface area contributed by atoms with Crippen LogP contribution in [-0.4, -0.2) is 42.5 Å². The number of hydrogen-bond acceptors (Lipinski definition) is 7. The highest BCUT2D eigenvalue weighted by Gasteiger charge is 2.25. The van der Waals surface area contributed by atoms with Gasteiger partial charge >= 0.3 is 5.97 Å². The number of fused-ring (bicyclic) bond motifs is 1. The summed E-state index contributed by atoms with van der Waals surface area (Å²) in [4.78, 5) is 29.9. The van der Waals surface area contributed by atoms with E-state index in [1.165, 1.54) is 11.3 Å². The van der Waals surface area contributed by atoms with E-state index in [4.69, 9.17) is 19.2 Å². The Kier molecular flexibility index (Phi) is 6.17. The maximum Gasteiger partial charge on any atom is 0.311 e. The Balaban J connectivity index is 2.17. The smallest absolute Gasteiger partial charge is 0.311 e. The highest BCUT2D eigenvalue weighted by Crippen LogP contribution is 2.43. The SMILES string of the molecule is CCOC(=O)Cc1cn2c(C=O)c(-c3cc(C(C)(C)C)cc(OC)c3OC)nc2s1. The van der Waals surface area contributed by atoms with Gasteiger partial charge in [-0.2, -0.15) is 0 Å². The largest absolute Gasteiger partial charge is 0.493 e. The van der Waals surface area contributed by atoms with Gasteiger partial charge in [0, 0.05) is 16.6 Å². The number of nitrogens with zero attached hydrogens (tertiary/aromatic N) is 2. The molecule has 3 rings (SSSR count). The van der Waals surface area contributed by atoms with Crippen LogP contribution in [0.4, 0.5) is 0 Å². The summed E-state index contributed by atoms with van der Waals surface area (Å²) in [6.07, 6.45) is 2.67. The lowest BCUT2D eigenvalue weighted by Gasteiger charge is -2.22. The van der Waals surface area contributed by atoms with E-state index in [1.807, 2.05) is 12.1 Å². The molecule has 0 N–H and O–H groups in total. The fraction of sp³-hybridized carbons (Fsp3) is 0.409. The minimum Gasteiger partial charge on any atom is -0.493 e. The quantitative estimate of drug-likeness (QED) is 0.411. The summed E-state index contributed by atoms with van der Waals surface area (Å²) in [7, 11) is 3.15. The second-order valence-electron chi connectivity index (χ2n) is 7.80. The fourth-order valence-corrected chi connectivity index (χ4v) is 4.20. The van der Waals surface area contributed by atoms with E-state index in [2.05, 4.69) is 20.8 Å². The molecule has 3 aromatic rings. The highest BCUT2D eigenvalue weighted by atomic mass is 32.1. The number of esters is 1. The molecule has 160 valence electrons. The number of carbonyl (C=O) groups is 2. The van der Waals surface area contributed by atoms with E-state index in [0.29, 0.717) is 40.0 Å². The summed E-state index contributed by atoms with van der Waals surface area (Å²) in [6.45, 7) is 8.41. The monoisotopic (exact) mass is 430 g/mol. The zero-order chi connectivity index (χ0) is 22.1. The topological polar surface area (TPSA) is 79.1 Å². The van der Waals surface area contributed by atoms with Gasteiger partial charge < -0.3 is 14.2 Å². The molecule has 0 aliphatic carbocycles. The first-order valence-corrected chi connectivity index (χ1v) is 10.4. The van der Waals surface area contributed by atoms with Gasteiger partial charge in [-0.3, -0.25) is 14.0 Å². The Hall–Kier alpha value is -2.87. The maximum atomic E-state index is 12.0. The summed E-state index contributed by atoms with van der Waals surface area (Å²) in [5, 5.41) is 0. The molecule has 30 heavy (non-hydrogen) atoms. The number of aromatic nitrogens is 2. The summed E-state index contributed by atoms with van der Waals surface area (Å²) in [6, 6.07) is 3.93. The summed E-state index contributed by atoms with van der Waals surface area (Å²) in [5.41, 5.74) is 2.49. The normalized spacial score (nSPS) is 11.5. The zero-order valence-corrected chi connectivity index (χ0v) is 18.9. The van der Waals surface area contributed by atoms with Crippen LogP contribution in [0.2, 0.25) is 0 Å². The maximum absolute atomic E-state index is 12.0. The third-order valence-corrected chi connectivity index (χ3v) is 5.73. The molecule has 2 aromatic heterocycles. The average Bonchev–Trinajstić information content (AvgIpc) is 3.22. The number of hydrogen-bond donors (Lipinski definition) is 0. The molecule has 0 aliphatic heterocycles. The molecule has 7 nitrogen and oxygen atoms in total. The molecule has 8 heteroatoms. The van der Waals surface area contributed by atoms with Crippen molar-refractivity contribution in [3.8, 4) is 22.8 Å². The summed E-state index contributed by atoms with van der Waals surface area (Å²) < 4.78 is 17.9. The van der Waals surface area contributed by atoms with Crippen molar-refractivity contribution in [3.05, 3.63) is 34.5 Å². The molecular weight excluding hydrogens is 404 g/mol. The van der Waals surface area contributed by atoms with Crippen LogP contribution in [0.1, 0.15) is 48.6 Å². The van der Waals surface area contributed by atoms with Gasteiger partial charge in [0.05, 0.1) is 27.2 Å². The average molecular weight is 431 g/mol. The highest BCUT2D eigenvalue weighted by molar-refractivity contribution is 7.17. The number of aldehydes is 1. The van der Waals surface area contributed by atoms with Gasteiger partial charge in [-0.15, -0.1) is 11.3 Å². The van der Waals surface area contributed by atoms with Crippen LogP contribution in [-0.2, 0) is 21.4 Å². The summed E-state index contributed by atoms with van der Waals surface area (Å²) >= 11 is 1.35. The molecular formula is C22H26N2O5S. The van der Waals surface area contributed by atoms with Gasteiger partial charge in [0.1, 0.15) is 11.4 Å². The van der Waals surface area contributed by atoms with Gasteiger partial charge in [-0.1, -0.05) is 20.8 Å². The van der Waals surface area contributed by atoms with E-state index in [1.54, 1.807) is 31.7 Å². The van der Waals surface area contributed by atoms with Crippen molar-refractivity contribution in [2.45, 2.75) is 39.5 Å². The lowest BCUT2D eigenvalue weighted by Crippen LogP contribution is -2.12. The van der Waals surface area contributed by atoms with E-state index in [-0.39, 0.29) is 17.8 Å². The Morgan fingerprint density at radius 2 is 1.97 bits per heavy atom. The van der Waals surface area contributed by atoms with Gasteiger partial charge in [-0.25, -0.2) is 4.98 Å². The summed E-state index contributed by atoms with van der Waals surface area (Å²) in [5.74, 6) is 0.793. The minimum absolute atomic E-state index is 0.139. The molecule has 0 saturated carbocycles. The Morgan fingerprint density at radius 3 is 2.53 bits per heavy atom. The number of ether oxygens (including phenoxy) is 3. The van der Waals surface area contributed by atoms with Gasteiger partial charge in [0.2, 0.25) is 0 Å². The molecule has 0 unspecified atom stereocenters. The molecule has 0 atom stereocenters. The van der Waals surface area contributed by atoms with Crippen LogP contribution < -0.4 is 9.47 Å². The van der Waals surface area contributed by atoms with Crippen LogP contribution in [0.25, 0.3) is 16.2 Å². The molecule has 0 spiro atoms. The first kappa shape index (κ1) is 21.8. The predicted molar refractivity (Wildman–Crippen MR) is 116 cm³/mol. The molecule has 0 radical (unpaired) electrons. The molecule has 0 saturated heterocycles. The first-order valence-electron chi connectivity index (χ1n) is 9.61. The molecule has 0 fully saturated rings. The third kappa shape index (κ3) is 4.05. The van der Waals surface area contributed by atoms with Crippen molar-refractivity contribution in [2.75, 3.05) is 20.8 Å². The number of benzene rings is 1. The molecule has 0 amide bonds. The van der Waals surface area contributed by atoms with Gasteiger partial charge in [-0.05, 0) is 30.0 Å². The van der Waals surface area contributed by atoms with Crippen molar-refractivity contribution in [3.63, 3.8) is 0 Å². The minimum atomic E-state index is -0.306. The number of thiazole rings is 1. The second-order valence-corrected chi connectivity index (χ2v) is 8.90. The Bertz CT molecular complexity index is 1090. The van der Waals surface area contributed by atoms with Crippen molar-refractivity contribution in [2.24, 2.45) is 0 Å². The van der Waals surface area contributed by atoms with E-state index in [9.17, 15) is 9.59 Å². The number of imidazole rings is 1. The lowest BCUT2D eigenvalue weighted by atomic mass is 9.85. The Labute approximate surface area is 179 Å². The number of methoxy groups -OCH3 is 2.